The van der Waals surface area contributed by atoms with E-state index in [0.29, 0.717) is 11.5 Å². The maximum Gasteiger partial charge on any atom is 0.160 e. The summed E-state index contributed by atoms with van der Waals surface area (Å²) in [6, 6.07) is 43.1. The van der Waals surface area contributed by atoms with E-state index in [-0.39, 0.29) is 0 Å². The molecule has 0 aliphatic rings. The summed E-state index contributed by atoms with van der Waals surface area (Å²) in [6.07, 6.45) is 9.91. The van der Waals surface area contributed by atoms with Gasteiger partial charge in [0.2, 0.25) is 0 Å². The lowest BCUT2D eigenvalue weighted by Gasteiger charge is -2.12. The van der Waals surface area contributed by atoms with Gasteiger partial charge >= 0.3 is 0 Å². The van der Waals surface area contributed by atoms with Crippen molar-refractivity contribution in [3.05, 3.63) is 168 Å². The van der Waals surface area contributed by atoms with Gasteiger partial charge in [0.15, 0.2) is 5.84 Å². The van der Waals surface area contributed by atoms with Crippen LogP contribution in [-0.2, 0) is 0 Å². The smallest absolute Gasteiger partial charge is 0.160 e. The highest BCUT2D eigenvalue weighted by Crippen LogP contribution is 2.29. The molecule has 2 heteroatoms. The zero-order chi connectivity index (χ0) is 29.3. The van der Waals surface area contributed by atoms with Crippen molar-refractivity contribution in [2.24, 2.45) is 9.98 Å². The van der Waals surface area contributed by atoms with E-state index >= 15 is 0 Å². The predicted octanol–water partition coefficient (Wildman–Crippen LogP) is 9.96. The molecule has 0 aromatic heterocycles. The van der Waals surface area contributed by atoms with Crippen molar-refractivity contribution in [1.82, 2.24) is 0 Å². The van der Waals surface area contributed by atoms with E-state index in [4.69, 9.17) is 16.4 Å². The summed E-state index contributed by atoms with van der Waals surface area (Å²) >= 11 is 0. The molecule has 0 saturated heterocycles. The summed E-state index contributed by atoms with van der Waals surface area (Å²) in [5, 5.41) is 0. The van der Waals surface area contributed by atoms with Gasteiger partial charge in [0.1, 0.15) is 0 Å². The minimum atomic E-state index is 0.594. The predicted molar refractivity (Wildman–Crippen MR) is 181 cm³/mol. The van der Waals surface area contributed by atoms with Crippen LogP contribution in [0.5, 0.6) is 0 Å². The molecule has 0 unspecified atom stereocenters. The molecule has 0 radical (unpaired) electrons. The third kappa shape index (κ3) is 6.44. The summed E-state index contributed by atoms with van der Waals surface area (Å²) in [5.41, 5.74) is 10.7. The summed E-state index contributed by atoms with van der Waals surface area (Å²) in [7, 11) is 0. The molecule has 0 N–H and O–H groups in total. The monoisotopic (exact) mass is 540 g/mol. The molecule has 0 heterocycles. The van der Waals surface area contributed by atoms with E-state index < -0.39 is 0 Å². The average molecular weight is 541 g/mol. The number of rotatable bonds is 7. The first-order chi connectivity index (χ1) is 20.6. The molecule has 0 amide bonds. The normalized spacial score (nSPS) is 11.8. The lowest BCUT2D eigenvalue weighted by molar-refractivity contribution is 1.43. The van der Waals surface area contributed by atoms with Crippen molar-refractivity contribution in [1.29, 1.82) is 0 Å². The highest BCUT2D eigenvalue weighted by Gasteiger charge is 2.12. The zero-order valence-electron chi connectivity index (χ0n) is 24.0. The number of aliphatic imine (C=N–C) groups is 2. The van der Waals surface area contributed by atoms with E-state index in [1.54, 1.807) is 0 Å². The van der Waals surface area contributed by atoms with Gasteiger partial charge in [-0.15, -0.1) is 6.42 Å². The molecule has 42 heavy (non-hydrogen) atoms. The molecule has 0 aliphatic carbocycles. The Hall–Kier alpha value is -5.52. The lowest BCUT2D eigenvalue weighted by Crippen LogP contribution is -2.04. The van der Waals surface area contributed by atoms with Gasteiger partial charge in [-0.3, -0.25) is 0 Å². The van der Waals surface area contributed by atoms with Crippen LogP contribution in [-0.4, -0.2) is 11.5 Å². The molecule has 0 saturated carbocycles. The largest absolute Gasteiger partial charge is 0.233 e. The highest BCUT2D eigenvalue weighted by molar-refractivity contribution is 6.13. The second-order valence-electron chi connectivity index (χ2n) is 9.88. The van der Waals surface area contributed by atoms with Crippen molar-refractivity contribution in [3.8, 4) is 34.6 Å². The van der Waals surface area contributed by atoms with Gasteiger partial charge in [-0.05, 0) is 64.9 Å². The minimum Gasteiger partial charge on any atom is -0.233 e. The zero-order valence-corrected chi connectivity index (χ0v) is 24.0. The fourth-order valence-electron chi connectivity index (χ4n) is 4.85. The van der Waals surface area contributed by atoms with E-state index in [1.165, 1.54) is 5.56 Å². The van der Waals surface area contributed by atoms with Crippen LogP contribution in [0.25, 0.3) is 34.0 Å². The Morgan fingerprint density at radius 3 is 1.98 bits per heavy atom. The molecule has 0 fully saturated rings. The first-order valence-corrected chi connectivity index (χ1v) is 13.9. The van der Waals surface area contributed by atoms with Crippen molar-refractivity contribution >= 4 is 23.3 Å². The first kappa shape index (κ1) is 28.0. The number of terminal acetylenes is 1. The molecular formula is C40H32N2. The average Bonchev–Trinajstić information content (AvgIpc) is 3.05. The Bertz CT molecular complexity index is 1830. The van der Waals surface area contributed by atoms with Crippen molar-refractivity contribution < 1.29 is 0 Å². The molecule has 2 nitrogen and oxygen atoms in total. The van der Waals surface area contributed by atoms with Gasteiger partial charge in [0.05, 0.1) is 5.70 Å². The van der Waals surface area contributed by atoms with E-state index in [0.717, 1.165) is 50.2 Å². The Labute approximate surface area is 249 Å². The van der Waals surface area contributed by atoms with Crippen LogP contribution in [0.2, 0.25) is 0 Å². The Balaban J connectivity index is 1.58. The standard InChI is InChI=1S/C40H32N2/c1-5-15-38-31(6-2)20-14-23-39(38)36-21-13-22-37(28-36)40(41-29(3)32-16-9-7-10-17-32)42-30(4)33-24-26-35(27-25-33)34-18-11-8-12-19-34/h2,5,7-28H,4H2,1,3H3/b15-5-,41-29?,42-40?. The summed E-state index contributed by atoms with van der Waals surface area (Å²) in [4.78, 5) is 10.0. The van der Waals surface area contributed by atoms with Crippen LogP contribution >= 0.6 is 0 Å². The van der Waals surface area contributed by atoms with Gasteiger partial charge in [0, 0.05) is 16.8 Å². The summed E-state index contributed by atoms with van der Waals surface area (Å²) < 4.78 is 0. The van der Waals surface area contributed by atoms with Crippen LogP contribution in [0, 0.1) is 12.3 Å². The van der Waals surface area contributed by atoms with Crippen LogP contribution in [0.15, 0.2) is 150 Å². The third-order valence-electron chi connectivity index (χ3n) is 7.06. The molecule has 5 rings (SSSR count). The summed E-state index contributed by atoms with van der Waals surface area (Å²) in [6.45, 7) is 8.33. The number of benzene rings is 5. The molecule has 0 spiro atoms. The first-order valence-electron chi connectivity index (χ1n) is 13.9. The van der Waals surface area contributed by atoms with E-state index in [2.05, 4.69) is 85.3 Å². The Morgan fingerprint density at radius 2 is 1.29 bits per heavy atom. The van der Waals surface area contributed by atoms with Crippen molar-refractivity contribution in [2.45, 2.75) is 13.8 Å². The number of amidine groups is 1. The molecule has 5 aromatic rings. The van der Waals surface area contributed by atoms with E-state index in [9.17, 15) is 0 Å². The summed E-state index contributed by atoms with van der Waals surface area (Å²) in [5.74, 6) is 3.42. The highest BCUT2D eigenvalue weighted by atomic mass is 14.9. The van der Waals surface area contributed by atoms with Crippen LogP contribution in [0.1, 0.15) is 41.7 Å². The second-order valence-corrected chi connectivity index (χ2v) is 9.88. The Kier molecular flexibility index (Phi) is 8.82. The fourth-order valence-corrected chi connectivity index (χ4v) is 4.85. The minimum absolute atomic E-state index is 0.594. The molecule has 0 bridgehead atoms. The lowest BCUT2D eigenvalue weighted by atomic mass is 9.94. The van der Waals surface area contributed by atoms with E-state index in [1.807, 2.05) is 80.6 Å². The number of allylic oxidation sites excluding steroid dienone is 1. The van der Waals surface area contributed by atoms with Gasteiger partial charge < -0.3 is 0 Å². The molecule has 202 valence electrons. The molecule has 0 aliphatic heterocycles. The fraction of sp³-hybridized carbons (Fsp3) is 0.0500. The third-order valence-corrected chi connectivity index (χ3v) is 7.06. The van der Waals surface area contributed by atoms with Crippen LogP contribution in [0.3, 0.4) is 0 Å². The number of hydrogen-bond donors (Lipinski definition) is 0. The van der Waals surface area contributed by atoms with Crippen LogP contribution < -0.4 is 0 Å². The van der Waals surface area contributed by atoms with Gasteiger partial charge in [-0.2, -0.15) is 0 Å². The van der Waals surface area contributed by atoms with Crippen LogP contribution in [0.4, 0.5) is 0 Å². The van der Waals surface area contributed by atoms with Gasteiger partial charge in [-0.25, -0.2) is 9.98 Å². The van der Waals surface area contributed by atoms with Gasteiger partial charge in [0.25, 0.3) is 0 Å². The molecule has 5 aromatic carbocycles. The topological polar surface area (TPSA) is 24.7 Å². The maximum atomic E-state index is 5.84. The SMILES string of the molecule is C#Cc1cccc(-c2cccc(C(N=C(C)c3ccccc3)=NC(=C)c3ccc(-c4ccccc4)cc3)c2)c1/C=C\C. The number of hydrogen-bond acceptors (Lipinski definition) is 1. The quantitative estimate of drug-likeness (QED) is 0.111. The second kappa shape index (κ2) is 13.2. The number of nitrogens with zero attached hydrogens (tertiary/aromatic N) is 2. The van der Waals surface area contributed by atoms with Crippen molar-refractivity contribution in [2.75, 3.05) is 0 Å². The Morgan fingerprint density at radius 1 is 0.667 bits per heavy atom. The van der Waals surface area contributed by atoms with Crippen molar-refractivity contribution in [3.63, 3.8) is 0 Å². The van der Waals surface area contributed by atoms with Gasteiger partial charge in [-0.1, -0.05) is 140 Å². The molecule has 0 atom stereocenters. The molecular weight excluding hydrogens is 508 g/mol. The maximum absolute atomic E-state index is 5.84.